The molecule has 0 aliphatic heterocycles. The third-order valence-electron chi connectivity index (χ3n) is 11.8. The van der Waals surface area contributed by atoms with E-state index >= 15 is 0 Å². The Bertz CT molecular complexity index is 2780. The molecule has 1 aromatic heterocycles. The molecule has 0 amide bonds. The topological polar surface area (TPSA) is 16.8 Å². The Balaban J connectivity index is 0.000000397. The van der Waals surface area contributed by atoms with Crippen LogP contribution in [0.4, 0.5) is 105 Å². The maximum atomic E-state index is 14.2. The van der Waals surface area contributed by atoms with Crippen molar-refractivity contribution in [1.29, 1.82) is 0 Å². The van der Waals surface area contributed by atoms with Crippen molar-refractivity contribution < 1.29 is 110 Å². The molecule has 0 fully saturated rings. The smallest absolute Gasteiger partial charge is 0.244 e. The predicted octanol–water partition coefficient (Wildman–Crippen LogP) is 14.6. The molecule has 0 spiro atoms. The monoisotopic (exact) mass is 1120 g/mol. The fourth-order valence-electron chi connectivity index (χ4n) is 8.27. The number of hydrogen-bond acceptors (Lipinski definition) is 1. The van der Waals surface area contributed by atoms with Gasteiger partial charge >= 0.3 is 49.4 Å². The molecule has 1 heterocycles. The van der Waals surface area contributed by atoms with Crippen LogP contribution in [0.25, 0.3) is 11.3 Å². The summed E-state index contributed by atoms with van der Waals surface area (Å²) in [6.07, 6.45) is -48.8. The molecule has 0 aliphatic rings. The minimum absolute atomic E-state index is 0.691. The first-order valence-electron chi connectivity index (χ1n) is 21.4. The molecule has 0 aliphatic carbocycles. The van der Waals surface area contributed by atoms with E-state index in [1.807, 2.05) is 18.5 Å². The Labute approximate surface area is 418 Å². The summed E-state index contributed by atoms with van der Waals surface area (Å²) in [5.41, 5.74) is -25.5. The molecule has 27 heteroatoms. The van der Waals surface area contributed by atoms with E-state index in [0.29, 0.717) is 0 Å². The van der Waals surface area contributed by atoms with Crippen molar-refractivity contribution in [3.05, 3.63) is 202 Å². The third-order valence-corrected chi connectivity index (χ3v) is 11.8. The van der Waals surface area contributed by atoms with Crippen LogP contribution in [0.15, 0.2) is 146 Å². The van der Waals surface area contributed by atoms with E-state index in [4.69, 9.17) is 0 Å². The van der Waals surface area contributed by atoms with Gasteiger partial charge < -0.3 is 0 Å². The first-order valence-corrected chi connectivity index (χ1v) is 21.4. The van der Waals surface area contributed by atoms with Crippen LogP contribution in [-0.2, 0) is 56.0 Å². The predicted molar refractivity (Wildman–Crippen MR) is 230 cm³/mol. The van der Waals surface area contributed by atoms with Crippen molar-refractivity contribution in [3.8, 4) is 11.3 Å². The van der Waals surface area contributed by atoms with Crippen LogP contribution >= 0.6 is 0 Å². The van der Waals surface area contributed by atoms with E-state index in [0.717, 1.165) is 17.8 Å². The van der Waals surface area contributed by atoms with Crippen molar-refractivity contribution in [2.75, 3.05) is 0 Å². The molecular weight excluding hydrogens is 1100 g/mol. The number of alkyl halides is 24. The molecule has 0 saturated heterocycles. The van der Waals surface area contributed by atoms with Gasteiger partial charge in [0, 0.05) is 11.1 Å². The van der Waals surface area contributed by atoms with E-state index in [9.17, 15) is 105 Å². The number of benzene rings is 6. The van der Waals surface area contributed by atoms with Gasteiger partial charge in [0.25, 0.3) is 0 Å². The van der Waals surface area contributed by atoms with Gasteiger partial charge in [0.05, 0.1) is 50.7 Å². The van der Waals surface area contributed by atoms with E-state index in [1.54, 1.807) is 0 Å². The third kappa shape index (κ3) is 13.9. The number of aryl methyl sites for hydroxylation is 1. The molecule has 410 valence electrons. The molecule has 7 aromatic rings. The highest BCUT2D eigenvalue weighted by molar-refractivity contribution is 7.20. The van der Waals surface area contributed by atoms with Crippen LogP contribution in [0.5, 0.6) is 0 Å². The van der Waals surface area contributed by atoms with Gasteiger partial charge in [-0.1, -0.05) is 109 Å². The Morgan fingerprint density at radius 1 is 0.364 bits per heavy atom. The quantitative estimate of drug-likeness (QED) is 0.0883. The molecule has 77 heavy (non-hydrogen) atoms. The molecule has 7 rings (SSSR count). The molecular formula is C50H29BF24N2. The SMILES string of the molecule is Cc1ccc(-c2c[n+](Cc3ccccc3)ccn2)cc1.FC(F)(F)c1cc([B-](c2cc(C(F)(F)F)cc(C(F)(F)F)c2)(c2cc(C(F)(F)F)cc(C(F)(F)F)c2)c2cc(C(F)(F)F)cc(C(F)(F)F)c2)cc(C(F)(F)F)c1. The summed E-state index contributed by atoms with van der Waals surface area (Å²) in [6.45, 7) is 2.96. The fourth-order valence-corrected chi connectivity index (χ4v) is 8.27. The maximum absolute atomic E-state index is 14.2. The van der Waals surface area contributed by atoms with E-state index in [2.05, 4.69) is 71.2 Å². The highest BCUT2D eigenvalue weighted by Gasteiger charge is 2.47. The molecule has 6 aromatic carbocycles. The zero-order valence-electron chi connectivity index (χ0n) is 38.1. The summed E-state index contributed by atoms with van der Waals surface area (Å²) >= 11 is 0. The molecule has 0 unspecified atom stereocenters. The second-order valence-corrected chi connectivity index (χ2v) is 17.2. The number of halogens is 24. The lowest BCUT2D eigenvalue weighted by atomic mass is 9.12. The van der Waals surface area contributed by atoms with Crippen molar-refractivity contribution in [2.45, 2.75) is 62.9 Å². The van der Waals surface area contributed by atoms with Crippen LogP contribution in [0.3, 0.4) is 0 Å². The summed E-state index contributed by atoms with van der Waals surface area (Å²) in [4.78, 5) is 4.46. The molecule has 0 saturated carbocycles. The van der Waals surface area contributed by atoms with Gasteiger partial charge in [-0.3, -0.25) is 0 Å². The zero-order valence-corrected chi connectivity index (χ0v) is 38.1. The molecule has 2 nitrogen and oxygen atoms in total. The largest absolute Gasteiger partial charge is 0.416 e. The lowest BCUT2D eigenvalue weighted by Crippen LogP contribution is -2.75. The van der Waals surface area contributed by atoms with Gasteiger partial charge in [0.1, 0.15) is 11.8 Å². The van der Waals surface area contributed by atoms with Gasteiger partial charge in [0.15, 0.2) is 18.9 Å². The van der Waals surface area contributed by atoms with Crippen molar-refractivity contribution in [3.63, 3.8) is 0 Å². The van der Waals surface area contributed by atoms with Crippen LogP contribution in [0, 0.1) is 6.92 Å². The van der Waals surface area contributed by atoms with Crippen LogP contribution in [-0.4, -0.2) is 11.1 Å². The van der Waals surface area contributed by atoms with Crippen molar-refractivity contribution >= 4 is 28.0 Å². The minimum atomic E-state index is -6.13. The Kier molecular flexibility index (Phi) is 15.8. The van der Waals surface area contributed by atoms with Crippen LogP contribution in [0.1, 0.15) is 55.6 Å². The first-order chi connectivity index (χ1) is 35.1. The lowest BCUT2D eigenvalue weighted by molar-refractivity contribution is -0.688. The summed E-state index contributed by atoms with van der Waals surface area (Å²) in [5, 5.41) is 0. The lowest BCUT2D eigenvalue weighted by Gasteiger charge is -2.46. The van der Waals surface area contributed by atoms with Crippen LogP contribution < -0.4 is 26.4 Å². The number of aromatic nitrogens is 2. The fraction of sp³-hybridized carbons (Fsp3) is 0.200. The second-order valence-electron chi connectivity index (χ2n) is 17.2. The van der Waals surface area contributed by atoms with Crippen molar-refractivity contribution in [1.82, 2.24) is 4.98 Å². The van der Waals surface area contributed by atoms with Gasteiger partial charge in [-0.2, -0.15) is 132 Å². The van der Waals surface area contributed by atoms with Gasteiger partial charge in [-0.25, -0.2) is 4.98 Å². The highest BCUT2D eigenvalue weighted by atomic mass is 19.4. The summed E-state index contributed by atoms with van der Waals surface area (Å²) < 4.78 is 343. The van der Waals surface area contributed by atoms with Gasteiger partial charge in [-0.15, -0.1) is 0 Å². The van der Waals surface area contributed by atoms with Crippen molar-refractivity contribution in [2.24, 2.45) is 0 Å². The highest BCUT2D eigenvalue weighted by Crippen LogP contribution is 2.41. The molecule has 0 radical (unpaired) electrons. The Hall–Kier alpha value is -7.22. The van der Waals surface area contributed by atoms with E-state index in [-0.39, 0.29) is 0 Å². The Morgan fingerprint density at radius 2 is 0.636 bits per heavy atom. The maximum Gasteiger partial charge on any atom is 0.416 e. The molecule has 0 atom stereocenters. The van der Waals surface area contributed by atoms with Crippen LogP contribution in [0.2, 0.25) is 0 Å². The molecule has 0 N–H and O–H groups in total. The average Bonchev–Trinajstić information content (AvgIpc) is 3.30. The first kappa shape index (κ1) is 59.0. The van der Waals surface area contributed by atoms with E-state index in [1.165, 1.54) is 11.1 Å². The number of nitrogens with zero attached hydrogens (tertiary/aromatic N) is 2. The van der Waals surface area contributed by atoms with E-state index < -0.39 is 195 Å². The summed E-state index contributed by atoms with van der Waals surface area (Å²) in [5.74, 6) is 0. The molecule has 0 bridgehead atoms. The standard InChI is InChI=1S/C32H12BF24.C18H17N2/c34-25(35,36)13-1-14(26(37,38)39)6-21(5-13)33(22-7-15(27(40,41)42)2-16(8-22)28(43,44)45,23-9-17(29(46,47)48)3-18(10-23)30(49,50)51)24-11-19(31(52,53)54)4-20(12-24)32(55,56)57;1-15-7-9-17(10-8-15)18-14-20(12-11-19-18)13-16-5-3-2-4-6-16/h1-12H;2-12,14H,13H2,1H3/q-1;+1. The second kappa shape index (κ2) is 20.6. The normalized spacial score (nSPS) is 13.3. The number of rotatable bonds is 7. The van der Waals surface area contributed by atoms with Gasteiger partial charge in [-0.05, 0) is 31.2 Å². The average molecular weight is 1120 g/mol. The summed E-state index contributed by atoms with van der Waals surface area (Å²) in [7, 11) is 0. The minimum Gasteiger partial charge on any atom is -0.244 e. The van der Waals surface area contributed by atoms with Gasteiger partial charge in [0.2, 0.25) is 0 Å². The Morgan fingerprint density at radius 3 is 0.896 bits per heavy atom. The number of hydrogen-bond donors (Lipinski definition) is 0. The summed E-state index contributed by atoms with van der Waals surface area (Å²) in [6, 6.07) is 10.1. The zero-order chi connectivity index (χ0) is 57.7.